The predicted molar refractivity (Wildman–Crippen MR) is 131 cm³/mol. The van der Waals surface area contributed by atoms with Crippen molar-refractivity contribution >= 4 is 33.2 Å². The van der Waals surface area contributed by atoms with E-state index >= 15 is 0 Å². The van der Waals surface area contributed by atoms with Gasteiger partial charge in [-0.3, -0.25) is 9.10 Å². The molecule has 8 heteroatoms. The van der Waals surface area contributed by atoms with Gasteiger partial charge in [0.2, 0.25) is 5.91 Å². The number of aryl methyl sites for hydroxylation is 1. The summed E-state index contributed by atoms with van der Waals surface area (Å²) in [6, 6.07) is 19.9. The van der Waals surface area contributed by atoms with Crippen LogP contribution in [0.25, 0.3) is 0 Å². The number of halogens is 1. The first-order valence-corrected chi connectivity index (χ1v) is 12.3. The van der Waals surface area contributed by atoms with Crippen molar-refractivity contribution in [3.05, 3.63) is 88.9 Å². The molecule has 3 aromatic carbocycles. The van der Waals surface area contributed by atoms with E-state index in [1.165, 1.54) is 24.3 Å². The van der Waals surface area contributed by atoms with Crippen LogP contribution in [-0.4, -0.2) is 28.0 Å². The Bertz CT molecular complexity index is 1200. The number of rotatable bonds is 9. The Kier molecular flexibility index (Phi) is 8.00. The molecule has 6 nitrogen and oxygen atoms in total. The molecule has 0 heterocycles. The molecule has 0 radical (unpaired) electrons. The van der Waals surface area contributed by atoms with Gasteiger partial charge in [-0.15, -0.1) is 0 Å². The summed E-state index contributed by atoms with van der Waals surface area (Å²) in [5.74, 6) is 0.362. The maximum atomic E-state index is 13.4. The molecular weight excluding hydrogens is 460 g/mol. The topological polar surface area (TPSA) is 75.7 Å². The molecule has 0 bridgehead atoms. The van der Waals surface area contributed by atoms with E-state index in [0.29, 0.717) is 17.1 Å². The molecule has 1 N–H and O–H groups in total. The van der Waals surface area contributed by atoms with Gasteiger partial charge in [0.15, 0.2) is 0 Å². The zero-order valence-corrected chi connectivity index (χ0v) is 20.4. The Labute approximate surface area is 200 Å². The Balaban J connectivity index is 1.87. The smallest absolute Gasteiger partial charge is 0.264 e. The van der Waals surface area contributed by atoms with Crippen molar-refractivity contribution in [2.75, 3.05) is 18.0 Å². The third-order valence-corrected chi connectivity index (χ3v) is 7.34. The summed E-state index contributed by atoms with van der Waals surface area (Å²) in [5.41, 5.74) is 2.28. The molecule has 0 spiro atoms. The third kappa shape index (κ3) is 5.86. The molecule has 33 heavy (non-hydrogen) atoms. The van der Waals surface area contributed by atoms with Crippen LogP contribution in [-0.2, 0) is 14.8 Å². The number of para-hydroxylation sites is 1. The van der Waals surface area contributed by atoms with E-state index in [2.05, 4.69) is 5.32 Å². The van der Waals surface area contributed by atoms with Crippen LogP contribution in [0.4, 0.5) is 5.69 Å². The summed E-state index contributed by atoms with van der Waals surface area (Å²) in [6.07, 6.45) is 0.646. The Morgan fingerprint density at radius 3 is 2.30 bits per heavy atom. The van der Waals surface area contributed by atoms with Crippen molar-refractivity contribution in [2.24, 2.45) is 0 Å². The van der Waals surface area contributed by atoms with E-state index in [9.17, 15) is 13.2 Å². The van der Waals surface area contributed by atoms with Crippen LogP contribution in [0.3, 0.4) is 0 Å². The average molecular weight is 487 g/mol. The second kappa shape index (κ2) is 10.7. The van der Waals surface area contributed by atoms with Gasteiger partial charge in [-0.05, 0) is 66.9 Å². The second-order valence-corrected chi connectivity index (χ2v) is 9.86. The molecule has 0 aliphatic carbocycles. The fourth-order valence-electron chi connectivity index (χ4n) is 3.55. The highest BCUT2D eigenvalue weighted by molar-refractivity contribution is 7.92. The largest absolute Gasteiger partial charge is 0.496 e. The lowest BCUT2D eigenvalue weighted by molar-refractivity contribution is -0.120. The predicted octanol–water partition coefficient (Wildman–Crippen LogP) is 5.12. The quantitative estimate of drug-likeness (QED) is 0.455. The lowest BCUT2D eigenvalue weighted by Gasteiger charge is -2.26. The van der Waals surface area contributed by atoms with E-state index in [1.807, 2.05) is 32.0 Å². The minimum absolute atomic E-state index is 0.0568. The summed E-state index contributed by atoms with van der Waals surface area (Å²) >= 11 is 5.92. The molecule has 3 rings (SSSR count). The number of amides is 1. The summed E-state index contributed by atoms with van der Waals surface area (Å²) in [5, 5.41) is 3.40. The Morgan fingerprint density at radius 2 is 1.73 bits per heavy atom. The summed E-state index contributed by atoms with van der Waals surface area (Å²) in [6.45, 7) is 3.54. The monoisotopic (exact) mass is 486 g/mol. The zero-order chi connectivity index (χ0) is 24.0. The first-order valence-electron chi connectivity index (χ1n) is 10.5. The van der Waals surface area contributed by atoms with Crippen LogP contribution in [0.15, 0.2) is 77.7 Å². The van der Waals surface area contributed by atoms with Crippen LogP contribution in [0.1, 0.15) is 30.5 Å². The number of anilines is 1. The molecule has 0 saturated heterocycles. The standard InChI is InChI=1S/C25H27ClN2O4S/c1-4-23(19-10-15-24(32-3)18(2)16-19)27-25(29)17-28(21-8-6-5-7-9-21)33(30,31)22-13-11-20(26)12-14-22/h5-16,23H,4,17H2,1-3H3,(H,27,29). The van der Waals surface area contributed by atoms with E-state index in [-0.39, 0.29) is 17.5 Å². The van der Waals surface area contributed by atoms with Crippen molar-refractivity contribution < 1.29 is 17.9 Å². The van der Waals surface area contributed by atoms with Crippen molar-refractivity contribution in [3.63, 3.8) is 0 Å². The molecular formula is C25H27ClN2O4S. The van der Waals surface area contributed by atoms with Gasteiger partial charge in [-0.1, -0.05) is 48.9 Å². The number of ether oxygens (including phenoxy) is 1. The third-order valence-electron chi connectivity index (χ3n) is 5.30. The van der Waals surface area contributed by atoms with Crippen LogP contribution < -0.4 is 14.4 Å². The summed E-state index contributed by atoms with van der Waals surface area (Å²) in [7, 11) is -2.38. The van der Waals surface area contributed by atoms with E-state index in [1.54, 1.807) is 37.4 Å². The highest BCUT2D eigenvalue weighted by Crippen LogP contribution is 2.26. The summed E-state index contributed by atoms with van der Waals surface area (Å²) in [4.78, 5) is 13.1. The van der Waals surface area contributed by atoms with Gasteiger partial charge < -0.3 is 10.1 Å². The zero-order valence-electron chi connectivity index (χ0n) is 18.8. The number of carbonyl (C=O) groups is 1. The molecule has 1 amide bonds. The minimum Gasteiger partial charge on any atom is -0.496 e. The fourth-order valence-corrected chi connectivity index (χ4v) is 5.10. The molecule has 0 saturated carbocycles. The molecule has 0 aliphatic rings. The van der Waals surface area contributed by atoms with E-state index in [0.717, 1.165) is 21.2 Å². The van der Waals surface area contributed by atoms with Crippen LogP contribution in [0, 0.1) is 6.92 Å². The van der Waals surface area contributed by atoms with Crippen molar-refractivity contribution in [2.45, 2.75) is 31.2 Å². The molecule has 0 fully saturated rings. The van der Waals surface area contributed by atoms with Crippen LogP contribution in [0.5, 0.6) is 5.75 Å². The minimum atomic E-state index is -3.99. The highest BCUT2D eigenvalue weighted by Gasteiger charge is 2.28. The number of hydrogen-bond donors (Lipinski definition) is 1. The maximum Gasteiger partial charge on any atom is 0.264 e. The van der Waals surface area contributed by atoms with Crippen molar-refractivity contribution in [1.82, 2.24) is 5.32 Å². The highest BCUT2D eigenvalue weighted by atomic mass is 35.5. The van der Waals surface area contributed by atoms with Gasteiger partial charge in [-0.25, -0.2) is 8.42 Å². The van der Waals surface area contributed by atoms with Gasteiger partial charge in [0.1, 0.15) is 12.3 Å². The van der Waals surface area contributed by atoms with Crippen molar-refractivity contribution in [1.29, 1.82) is 0 Å². The lowest BCUT2D eigenvalue weighted by Crippen LogP contribution is -2.42. The summed E-state index contributed by atoms with van der Waals surface area (Å²) < 4.78 is 33.2. The number of methoxy groups -OCH3 is 1. The number of hydrogen-bond acceptors (Lipinski definition) is 4. The fraction of sp³-hybridized carbons (Fsp3) is 0.240. The molecule has 0 aliphatic heterocycles. The van der Waals surface area contributed by atoms with Gasteiger partial charge in [0.25, 0.3) is 10.0 Å². The maximum absolute atomic E-state index is 13.4. The normalized spacial score (nSPS) is 12.1. The number of carbonyl (C=O) groups excluding carboxylic acids is 1. The van der Waals surface area contributed by atoms with Gasteiger partial charge in [0, 0.05) is 5.02 Å². The Hall–Kier alpha value is -3.03. The van der Waals surface area contributed by atoms with Gasteiger partial charge in [-0.2, -0.15) is 0 Å². The van der Waals surface area contributed by atoms with Crippen molar-refractivity contribution in [3.8, 4) is 5.75 Å². The molecule has 0 aromatic heterocycles. The lowest BCUT2D eigenvalue weighted by atomic mass is 10.0. The van der Waals surface area contributed by atoms with E-state index in [4.69, 9.17) is 16.3 Å². The second-order valence-electron chi connectivity index (χ2n) is 7.56. The number of sulfonamides is 1. The molecule has 174 valence electrons. The van der Waals surface area contributed by atoms with Gasteiger partial charge >= 0.3 is 0 Å². The SMILES string of the molecule is CCC(NC(=O)CN(c1ccccc1)S(=O)(=O)c1ccc(Cl)cc1)c1ccc(OC)c(C)c1. The first kappa shape index (κ1) is 24.6. The van der Waals surface area contributed by atoms with Gasteiger partial charge in [0.05, 0.1) is 23.7 Å². The Morgan fingerprint density at radius 1 is 1.06 bits per heavy atom. The number of nitrogens with one attached hydrogen (secondary N) is 1. The van der Waals surface area contributed by atoms with Crippen LogP contribution in [0.2, 0.25) is 5.02 Å². The molecule has 1 unspecified atom stereocenters. The van der Waals surface area contributed by atoms with E-state index < -0.39 is 15.9 Å². The average Bonchev–Trinajstić information content (AvgIpc) is 2.81. The molecule has 3 aromatic rings. The first-order chi connectivity index (χ1) is 15.8. The number of benzene rings is 3. The van der Waals surface area contributed by atoms with Crippen LogP contribution >= 0.6 is 11.6 Å². The molecule has 1 atom stereocenters. The number of nitrogens with zero attached hydrogens (tertiary/aromatic N) is 1.